The zero-order valence-electron chi connectivity index (χ0n) is 19.0. The molecule has 0 heterocycles. The first kappa shape index (κ1) is 29.7. The molecule has 0 saturated carbocycles. The van der Waals surface area contributed by atoms with E-state index in [1.54, 1.807) is 0 Å². The van der Waals surface area contributed by atoms with E-state index in [-0.39, 0.29) is 21.3 Å². The number of nitrogens with one attached hydrogen (secondary N) is 2. The van der Waals surface area contributed by atoms with Gasteiger partial charge in [0.15, 0.2) is 0 Å². The zero-order chi connectivity index (χ0) is 26.9. The lowest BCUT2D eigenvalue weighted by Gasteiger charge is -2.16. The van der Waals surface area contributed by atoms with Crippen LogP contribution >= 0.6 is 21.6 Å². The molecule has 2 rings (SSSR count). The number of carboxylic acids is 2. The average Bonchev–Trinajstić information content (AvgIpc) is 2.84. The first-order valence-electron chi connectivity index (χ1n) is 9.92. The number of aliphatic carboxylic acids is 2. The summed E-state index contributed by atoms with van der Waals surface area (Å²) < 4.78 is 64.2. The molecule has 16 heteroatoms. The van der Waals surface area contributed by atoms with Gasteiger partial charge in [-0.2, -0.15) is 9.44 Å². The Morgan fingerprint density at radius 2 is 1.03 bits per heavy atom. The Morgan fingerprint density at radius 1 is 0.722 bits per heavy atom. The highest BCUT2D eigenvalue weighted by atomic mass is 33.1. The molecule has 0 aliphatic rings. The van der Waals surface area contributed by atoms with Gasteiger partial charge in [0.1, 0.15) is 23.6 Å². The van der Waals surface area contributed by atoms with Gasteiger partial charge in [0.05, 0.1) is 24.0 Å². The van der Waals surface area contributed by atoms with Gasteiger partial charge in [-0.3, -0.25) is 9.59 Å². The maximum atomic E-state index is 12.5. The lowest BCUT2D eigenvalue weighted by Crippen LogP contribution is -2.43. The number of sulfonamides is 2. The van der Waals surface area contributed by atoms with Crippen molar-refractivity contribution < 1.29 is 46.1 Å². The smallest absolute Gasteiger partial charge is 0.322 e. The van der Waals surface area contributed by atoms with E-state index in [0.717, 1.165) is 21.6 Å². The predicted molar refractivity (Wildman–Crippen MR) is 134 cm³/mol. The van der Waals surface area contributed by atoms with Crippen molar-refractivity contribution in [2.45, 2.75) is 21.9 Å². The Balaban J connectivity index is 1.97. The van der Waals surface area contributed by atoms with Crippen LogP contribution in [0.25, 0.3) is 0 Å². The second kappa shape index (κ2) is 13.2. The van der Waals surface area contributed by atoms with Crippen molar-refractivity contribution in [2.24, 2.45) is 0 Å². The number of carbonyl (C=O) groups is 2. The molecule has 0 aliphatic carbocycles. The van der Waals surface area contributed by atoms with Crippen molar-refractivity contribution >= 4 is 53.6 Å². The molecular formula is C20H24N2O10S4. The van der Waals surface area contributed by atoms with Gasteiger partial charge in [0.25, 0.3) is 0 Å². The normalized spacial score (nSPS) is 13.5. The largest absolute Gasteiger partial charge is 0.497 e. The molecular weight excluding hydrogens is 556 g/mol. The SMILES string of the molecule is COc1ccc(S(=O)(=O)NC(CSSC[C@H](NS(=O)(=O)c2ccc(OC)cc2)C(=O)O)C(=O)O)cc1. The van der Waals surface area contributed by atoms with E-state index < -0.39 is 44.1 Å². The number of methoxy groups -OCH3 is 2. The molecule has 0 amide bonds. The van der Waals surface area contributed by atoms with Crippen LogP contribution in [0.3, 0.4) is 0 Å². The van der Waals surface area contributed by atoms with Crippen molar-refractivity contribution in [2.75, 3.05) is 25.7 Å². The molecule has 198 valence electrons. The third kappa shape index (κ3) is 8.56. The van der Waals surface area contributed by atoms with Gasteiger partial charge in [-0.1, -0.05) is 21.6 Å². The van der Waals surface area contributed by atoms with Crippen LogP contribution in [-0.2, 0) is 29.6 Å². The Bertz CT molecular complexity index is 1150. The van der Waals surface area contributed by atoms with E-state index in [4.69, 9.17) is 9.47 Å². The summed E-state index contributed by atoms with van der Waals surface area (Å²) in [5.41, 5.74) is 0. The number of carboxylic acid groups (broad SMARTS) is 2. The first-order valence-corrected chi connectivity index (χ1v) is 15.4. The highest BCUT2D eigenvalue weighted by molar-refractivity contribution is 8.76. The number of benzene rings is 2. The third-order valence-electron chi connectivity index (χ3n) is 4.48. The van der Waals surface area contributed by atoms with Gasteiger partial charge in [-0.15, -0.1) is 0 Å². The van der Waals surface area contributed by atoms with E-state index in [1.165, 1.54) is 62.8 Å². The molecule has 1 unspecified atom stereocenters. The first-order chi connectivity index (χ1) is 16.9. The molecule has 0 saturated heterocycles. The lowest BCUT2D eigenvalue weighted by molar-refractivity contribution is -0.139. The van der Waals surface area contributed by atoms with E-state index in [0.29, 0.717) is 11.5 Å². The minimum absolute atomic E-state index is 0.161. The van der Waals surface area contributed by atoms with E-state index in [2.05, 4.69) is 9.44 Å². The van der Waals surface area contributed by atoms with Crippen LogP contribution in [0.5, 0.6) is 11.5 Å². The van der Waals surface area contributed by atoms with Gasteiger partial charge in [-0.25, -0.2) is 16.8 Å². The molecule has 0 aliphatic heterocycles. The number of hydrogen-bond donors (Lipinski definition) is 4. The number of hydrogen-bond acceptors (Lipinski definition) is 10. The monoisotopic (exact) mass is 580 g/mol. The summed E-state index contributed by atoms with van der Waals surface area (Å²) in [6.45, 7) is 0. The number of rotatable bonds is 15. The zero-order valence-corrected chi connectivity index (χ0v) is 22.2. The van der Waals surface area contributed by atoms with Gasteiger partial charge in [0.2, 0.25) is 20.0 Å². The topological polar surface area (TPSA) is 185 Å². The fourth-order valence-corrected chi connectivity index (χ4v) is 7.46. The summed E-state index contributed by atoms with van der Waals surface area (Å²) in [4.78, 5) is 22.8. The van der Waals surface area contributed by atoms with Crippen molar-refractivity contribution in [3.63, 3.8) is 0 Å². The fraction of sp³-hybridized carbons (Fsp3) is 0.300. The molecule has 0 fully saturated rings. The maximum absolute atomic E-state index is 12.5. The minimum Gasteiger partial charge on any atom is -0.497 e. The Morgan fingerprint density at radius 3 is 1.28 bits per heavy atom. The third-order valence-corrected chi connectivity index (χ3v) is 9.88. The molecule has 0 spiro atoms. The molecule has 2 aromatic carbocycles. The van der Waals surface area contributed by atoms with Crippen LogP contribution in [0, 0.1) is 0 Å². The van der Waals surface area contributed by atoms with Crippen LogP contribution in [0.1, 0.15) is 0 Å². The summed E-state index contributed by atoms with van der Waals surface area (Å²) in [6, 6.07) is 7.64. The quantitative estimate of drug-likeness (QED) is 0.175. The van der Waals surface area contributed by atoms with Gasteiger partial charge >= 0.3 is 11.9 Å². The molecule has 36 heavy (non-hydrogen) atoms. The molecule has 2 aromatic rings. The van der Waals surface area contributed by atoms with E-state index >= 15 is 0 Å². The van der Waals surface area contributed by atoms with Crippen molar-refractivity contribution in [1.82, 2.24) is 9.44 Å². The minimum atomic E-state index is -4.16. The summed E-state index contributed by atoms with van der Waals surface area (Å²) in [7, 11) is -3.74. The van der Waals surface area contributed by atoms with E-state index in [1.807, 2.05) is 0 Å². The van der Waals surface area contributed by atoms with Crippen LogP contribution in [0.2, 0.25) is 0 Å². The molecule has 0 aromatic heterocycles. The van der Waals surface area contributed by atoms with Crippen LogP contribution < -0.4 is 18.9 Å². The molecule has 12 nitrogen and oxygen atoms in total. The Kier molecular flexibility index (Phi) is 10.9. The second-order valence-corrected chi connectivity index (χ2v) is 12.9. The van der Waals surface area contributed by atoms with Crippen LogP contribution in [-0.4, -0.2) is 76.8 Å². The second-order valence-electron chi connectivity index (χ2n) is 6.94. The average molecular weight is 581 g/mol. The molecule has 0 bridgehead atoms. The predicted octanol–water partition coefficient (Wildman–Crippen LogP) is 1.25. The van der Waals surface area contributed by atoms with Gasteiger partial charge < -0.3 is 19.7 Å². The molecule has 4 N–H and O–H groups in total. The lowest BCUT2D eigenvalue weighted by atomic mass is 10.3. The van der Waals surface area contributed by atoms with Crippen LogP contribution in [0.15, 0.2) is 58.3 Å². The van der Waals surface area contributed by atoms with Crippen LogP contribution in [0.4, 0.5) is 0 Å². The van der Waals surface area contributed by atoms with Crippen molar-refractivity contribution in [3.05, 3.63) is 48.5 Å². The summed E-state index contributed by atoms with van der Waals surface area (Å²) in [5, 5.41) is 18.8. The van der Waals surface area contributed by atoms with Gasteiger partial charge in [-0.05, 0) is 48.5 Å². The van der Waals surface area contributed by atoms with Crippen molar-refractivity contribution in [3.8, 4) is 11.5 Å². The summed E-state index contributed by atoms with van der Waals surface area (Å²) in [6.07, 6.45) is 0. The Hall–Kier alpha value is -2.50. The van der Waals surface area contributed by atoms with Crippen molar-refractivity contribution in [1.29, 1.82) is 0 Å². The molecule has 0 radical (unpaired) electrons. The number of ether oxygens (including phenoxy) is 2. The summed E-state index contributed by atoms with van der Waals surface area (Å²) >= 11 is 0. The molecule has 2 atom stereocenters. The Labute approximate surface area is 216 Å². The maximum Gasteiger partial charge on any atom is 0.322 e. The van der Waals surface area contributed by atoms with Gasteiger partial charge in [0, 0.05) is 11.5 Å². The fourth-order valence-electron chi connectivity index (χ4n) is 2.56. The highest BCUT2D eigenvalue weighted by Crippen LogP contribution is 2.25. The summed E-state index contributed by atoms with van der Waals surface area (Å²) in [5.74, 6) is -2.54. The highest BCUT2D eigenvalue weighted by Gasteiger charge is 2.28. The standard InChI is InChI=1S/C20H24N2O10S4/c1-31-13-3-7-15(8-4-13)35(27,28)21-17(19(23)24)11-33-34-12-18(20(25)26)22-36(29,30)16-9-5-14(32-2)6-10-16/h3-10,17-18,21-22H,11-12H2,1-2H3,(H,23,24)(H,25,26)/t17-,18?/m0/s1. The van der Waals surface area contributed by atoms with E-state index in [9.17, 15) is 36.6 Å².